The molecule has 2 atom stereocenters. The lowest BCUT2D eigenvalue weighted by Gasteiger charge is -2.51. The number of para-hydroxylation sites is 1. The van der Waals surface area contributed by atoms with E-state index in [-0.39, 0.29) is 44.7 Å². The molecule has 6 aliphatic rings. The summed E-state index contributed by atoms with van der Waals surface area (Å²) >= 11 is 0. The normalized spacial score (nSPS) is 22.1. The Kier molecular flexibility index (Phi) is 9.96. The largest absolute Gasteiger partial charge is 0.456 e. The molecule has 0 radical (unpaired) electrons. The Labute approximate surface area is 476 Å². The molecule has 5 heteroatoms. The monoisotopic (exact) mass is 1050 g/mol. The minimum atomic E-state index is -0.232. The van der Waals surface area contributed by atoms with E-state index in [9.17, 15) is 0 Å². The first-order valence-corrected chi connectivity index (χ1v) is 30.0. The number of furan rings is 1. The zero-order valence-electron chi connectivity index (χ0n) is 50.1. The van der Waals surface area contributed by atoms with E-state index in [2.05, 4.69) is 258 Å². The second kappa shape index (κ2) is 15.9. The Morgan fingerprint density at radius 2 is 1.07 bits per heavy atom. The van der Waals surface area contributed by atoms with Crippen LogP contribution < -0.4 is 31.1 Å². The van der Waals surface area contributed by atoms with E-state index in [0.717, 1.165) is 40.5 Å². The van der Waals surface area contributed by atoms with Crippen LogP contribution in [-0.4, -0.2) is 12.3 Å². The van der Waals surface area contributed by atoms with Crippen LogP contribution in [0.2, 0.25) is 0 Å². The van der Waals surface area contributed by atoms with Crippen molar-refractivity contribution in [1.82, 2.24) is 0 Å². The van der Waals surface area contributed by atoms with Crippen molar-refractivity contribution in [2.24, 2.45) is 0 Å². The lowest BCUT2D eigenvalue weighted by Crippen LogP contribution is -2.62. The minimum absolute atomic E-state index is 0.00686. The van der Waals surface area contributed by atoms with Gasteiger partial charge >= 0.3 is 0 Å². The average molecular weight is 1050 g/mol. The van der Waals surface area contributed by atoms with Crippen molar-refractivity contribution in [2.75, 3.05) is 14.7 Å². The van der Waals surface area contributed by atoms with Crippen molar-refractivity contribution >= 4 is 90.5 Å². The van der Waals surface area contributed by atoms with Crippen molar-refractivity contribution in [2.45, 2.75) is 174 Å². The van der Waals surface area contributed by atoms with Crippen LogP contribution in [-0.2, 0) is 32.5 Å². The molecule has 80 heavy (non-hydrogen) atoms. The van der Waals surface area contributed by atoms with Crippen LogP contribution in [0.25, 0.3) is 21.9 Å². The van der Waals surface area contributed by atoms with Gasteiger partial charge in [0.15, 0.2) is 0 Å². The van der Waals surface area contributed by atoms with Crippen LogP contribution in [0.4, 0.5) is 45.5 Å². The Morgan fingerprint density at radius 1 is 0.463 bits per heavy atom. The number of aryl methyl sites for hydroxylation is 2. The fourth-order valence-electron chi connectivity index (χ4n) is 17.5. The number of benzene rings is 8. The third-order valence-electron chi connectivity index (χ3n) is 21.7. The standard InChI is InChI=1S/C75H78BN3O/c1-44-34-64-68-65(35-44)78(61-41-54-53(36-45(61)2)70(6,7)43-71(54,8)9)63-42-56-55(72(10,11)51-23-17-18-24-52(51)73(56,12)13)40-59(63)76(68)58-30-28-48(38-62(58)77(64)47-27-29-50-49-22-16-19-25-66(49)80-67(50)39-47)79-60-31-26-46(69(3,4)5)37-57(60)74(14)32-20-21-33-75(74,79)15/h16-19,22-31,34-42H,20-21,32-33,43H2,1-15H3. The van der Waals surface area contributed by atoms with E-state index in [4.69, 9.17) is 4.42 Å². The van der Waals surface area contributed by atoms with E-state index < -0.39 is 0 Å². The van der Waals surface area contributed by atoms with Crippen LogP contribution in [0.15, 0.2) is 144 Å². The van der Waals surface area contributed by atoms with Gasteiger partial charge in [-0.1, -0.05) is 169 Å². The summed E-state index contributed by atoms with van der Waals surface area (Å²) in [7, 11) is 0. The number of fused-ring (bicyclic) bond motifs is 13. The highest BCUT2D eigenvalue weighted by molar-refractivity contribution is 7.00. The Hall–Kier alpha value is -6.98. The smallest absolute Gasteiger partial charge is 0.252 e. The van der Waals surface area contributed by atoms with Gasteiger partial charge in [0.1, 0.15) is 11.2 Å². The van der Waals surface area contributed by atoms with Gasteiger partial charge < -0.3 is 19.1 Å². The Morgan fingerprint density at radius 3 is 1.80 bits per heavy atom. The van der Waals surface area contributed by atoms with Crippen LogP contribution in [0.1, 0.15) is 178 Å². The van der Waals surface area contributed by atoms with E-state index in [1.807, 2.05) is 0 Å². The lowest BCUT2D eigenvalue weighted by atomic mass is 9.33. The fourth-order valence-corrected chi connectivity index (χ4v) is 17.5. The van der Waals surface area contributed by atoms with Gasteiger partial charge in [0, 0.05) is 78.6 Å². The molecule has 1 saturated carbocycles. The third kappa shape index (κ3) is 6.47. The zero-order chi connectivity index (χ0) is 55.7. The number of nitrogens with zero attached hydrogens (tertiary/aromatic N) is 3. The molecule has 15 rings (SSSR count). The number of hydrogen-bond acceptors (Lipinski definition) is 4. The van der Waals surface area contributed by atoms with Gasteiger partial charge in [-0.05, 0) is 189 Å². The molecule has 0 N–H and O–H groups in total. The molecule has 9 aromatic rings. The Balaban J connectivity index is 1.04. The van der Waals surface area contributed by atoms with Gasteiger partial charge in [-0.25, -0.2) is 0 Å². The quantitative estimate of drug-likeness (QED) is 0.165. The molecule has 4 heterocycles. The molecule has 0 saturated heterocycles. The predicted octanol–water partition coefficient (Wildman–Crippen LogP) is 18.2. The van der Waals surface area contributed by atoms with Gasteiger partial charge in [0.25, 0.3) is 6.71 Å². The maximum atomic E-state index is 6.80. The highest BCUT2D eigenvalue weighted by Gasteiger charge is 2.58. The number of rotatable bonds is 3. The summed E-state index contributed by atoms with van der Waals surface area (Å²) in [5.74, 6) is 0. The lowest BCUT2D eigenvalue weighted by molar-refractivity contribution is 0.195. The molecule has 8 aromatic carbocycles. The molecule has 2 unspecified atom stereocenters. The van der Waals surface area contributed by atoms with E-state index >= 15 is 0 Å². The first-order chi connectivity index (χ1) is 37.8. The Bertz CT molecular complexity index is 4200. The molecule has 3 aliphatic carbocycles. The summed E-state index contributed by atoms with van der Waals surface area (Å²) in [4.78, 5) is 8.14. The van der Waals surface area contributed by atoms with Crippen LogP contribution in [0, 0.1) is 13.8 Å². The van der Waals surface area contributed by atoms with Crippen LogP contribution in [0.5, 0.6) is 0 Å². The molecule has 0 amide bonds. The summed E-state index contributed by atoms with van der Waals surface area (Å²) < 4.78 is 6.80. The van der Waals surface area contributed by atoms with Crippen molar-refractivity contribution in [1.29, 1.82) is 0 Å². The molecule has 3 aliphatic heterocycles. The molecule has 402 valence electrons. The van der Waals surface area contributed by atoms with E-state index in [1.165, 1.54) is 131 Å². The number of hydrogen-bond donors (Lipinski definition) is 0. The van der Waals surface area contributed by atoms with Gasteiger partial charge in [-0.2, -0.15) is 0 Å². The molecule has 1 aromatic heterocycles. The molecule has 4 nitrogen and oxygen atoms in total. The summed E-state index contributed by atoms with van der Waals surface area (Å²) in [6.45, 7) is 36.6. The minimum Gasteiger partial charge on any atom is -0.456 e. The van der Waals surface area contributed by atoms with E-state index in [0.29, 0.717) is 0 Å². The van der Waals surface area contributed by atoms with Gasteiger partial charge in [-0.3, -0.25) is 0 Å². The van der Waals surface area contributed by atoms with Gasteiger partial charge in [-0.15, -0.1) is 0 Å². The molecule has 1 fully saturated rings. The third-order valence-corrected chi connectivity index (χ3v) is 21.7. The van der Waals surface area contributed by atoms with Crippen LogP contribution >= 0.6 is 0 Å². The first-order valence-electron chi connectivity index (χ1n) is 30.0. The summed E-state index contributed by atoms with van der Waals surface area (Å²) in [6.07, 6.45) is 5.92. The summed E-state index contributed by atoms with van der Waals surface area (Å²) in [5, 5.41) is 2.29. The van der Waals surface area contributed by atoms with Crippen molar-refractivity contribution < 1.29 is 4.42 Å². The molecule has 0 bridgehead atoms. The second-order valence-corrected chi connectivity index (χ2v) is 29.4. The molecule has 0 spiro atoms. The first kappa shape index (κ1) is 50.0. The topological polar surface area (TPSA) is 22.9 Å². The fraction of sp³-hybridized carbons (Fsp3) is 0.360. The second-order valence-electron chi connectivity index (χ2n) is 29.4. The summed E-state index contributed by atoms with van der Waals surface area (Å²) in [6, 6.07) is 55.4. The SMILES string of the molecule is Cc1cc2c3c(c1)N(c1cc4c(cc1C)C(C)(C)CC4(C)C)c1cc4c(cc1B3c1ccc(N3c5ccc(C(C)(C)C)cc5C5(C)CCCCC35C)cc1N2c1ccc2c(c1)oc1ccccc12)C(C)(C)c1ccccc1C4(C)C. The van der Waals surface area contributed by atoms with E-state index in [1.54, 1.807) is 0 Å². The van der Waals surface area contributed by atoms with Crippen molar-refractivity contribution in [3.05, 3.63) is 195 Å². The molecular weight excluding hydrogens is 970 g/mol. The number of anilines is 8. The predicted molar refractivity (Wildman–Crippen MR) is 340 cm³/mol. The average Bonchev–Trinajstić information content (AvgIpc) is 4.12. The molecular formula is C75H78BN3O. The zero-order valence-corrected chi connectivity index (χ0v) is 50.1. The van der Waals surface area contributed by atoms with Crippen molar-refractivity contribution in [3.63, 3.8) is 0 Å². The van der Waals surface area contributed by atoms with Crippen molar-refractivity contribution in [3.8, 4) is 0 Å². The highest BCUT2D eigenvalue weighted by Crippen LogP contribution is 2.62. The maximum Gasteiger partial charge on any atom is 0.252 e. The van der Waals surface area contributed by atoms with Gasteiger partial charge in [0.2, 0.25) is 0 Å². The van der Waals surface area contributed by atoms with Gasteiger partial charge in [0.05, 0.1) is 5.54 Å². The van der Waals surface area contributed by atoms with Crippen LogP contribution in [0.3, 0.4) is 0 Å². The summed E-state index contributed by atoms with van der Waals surface area (Å²) in [5.41, 5.74) is 29.6. The highest BCUT2D eigenvalue weighted by atomic mass is 16.3. The maximum absolute atomic E-state index is 6.80.